The summed E-state index contributed by atoms with van der Waals surface area (Å²) >= 11 is 0. The van der Waals surface area contributed by atoms with E-state index in [1.54, 1.807) is 0 Å². The highest BCUT2D eigenvalue weighted by atomic mass is 16.5. The normalized spacial score (nSPS) is 12.1. The van der Waals surface area contributed by atoms with Crippen LogP contribution in [-0.2, 0) is 6.61 Å². The van der Waals surface area contributed by atoms with Crippen molar-refractivity contribution in [3.63, 3.8) is 0 Å². The Morgan fingerprint density at radius 1 is 0.840 bits per heavy atom. The highest BCUT2D eigenvalue weighted by Gasteiger charge is 2.04. The van der Waals surface area contributed by atoms with Crippen LogP contribution in [0.5, 0.6) is 11.5 Å². The Labute approximate surface area is 148 Å². The third kappa shape index (κ3) is 4.74. The molecule has 0 aromatic heterocycles. The van der Waals surface area contributed by atoms with Crippen molar-refractivity contribution in [1.82, 2.24) is 0 Å². The lowest BCUT2D eigenvalue weighted by molar-refractivity contribution is 0.104. The molecule has 0 fully saturated rings. The van der Waals surface area contributed by atoms with Crippen molar-refractivity contribution in [1.29, 1.82) is 0 Å². The molecule has 0 spiro atoms. The maximum Gasteiger partial charge on any atom is 0.120 e. The first-order valence-corrected chi connectivity index (χ1v) is 8.67. The molecule has 1 atom stereocenters. The molecule has 0 amide bonds. The van der Waals surface area contributed by atoms with Crippen LogP contribution >= 0.6 is 0 Å². The van der Waals surface area contributed by atoms with Gasteiger partial charge in [0.05, 0.1) is 6.10 Å². The lowest BCUT2D eigenvalue weighted by Crippen LogP contribution is -2.15. The minimum Gasteiger partial charge on any atom is -0.491 e. The summed E-state index contributed by atoms with van der Waals surface area (Å²) in [6, 6.07) is 20.3. The second-order valence-electron chi connectivity index (χ2n) is 6.32. The summed E-state index contributed by atoms with van der Waals surface area (Å²) in [5, 5.41) is 11.9. The fourth-order valence-electron chi connectivity index (χ4n) is 2.56. The van der Waals surface area contributed by atoms with E-state index < -0.39 is 6.10 Å². The molecule has 0 bridgehead atoms. The fourth-order valence-corrected chi connectivity index (χ4v) is 2.56. The molecule has 0 aliphatic carbocycles. The highest BCUT2D eigenvalue weighted by molar-refractivity contribution is 5.84. The first-order chi connectivity index (χ1) is 12.1. The van der Waals surface area contributed by atoms with Crippen LogP contribution in [0.4, 0.5) is 0 Å². The number of hydrogen-bond acceptors (Lipinski definition) is 3. The van der Waals surface area contributed by atoms with Crippen LogP contribution in [0, 0.1) is 6.92 Å². The predicted molar refractivity (Wildman–Crippen MR) is 101 cm³/mol. The second kappa shape index (κ2) is 8.04. The maximum absolute atomic E-state index is 9.60. The number of aryl methyl sites for hydroxylation is 1. The predicted octanol–water partition coefficient (Wildman–Crippen LogP) is 4.88. The summed E-state index contributed by atoms with van der Waals surface area (Å²) in [5.74, 6) is 1.66. The minimum atomic E-state index is -0.419. The smallest absolute Gasteiger partial charge is 0.120 e. The van der Waals surface area contributed by atoms with Crippen LogP contribution in [0.3, 0.4) is 0 Å². The van der Waals surface area contributed by atoms with Gasteiger partial charge in [0.1, 0.15) is 24.7 Å². The van der Waals surface area contributed by atoms with Crippen LogP contribution < -0.4 is 9.47 Å². The van der Waals surface area contributed by atoms with E-state index in [1.165, 1.54) is 5.56 Å². The van der Waals surface area contributed by atoms with Crippen LogP contribution in [0.25, 0.3) is 10.8 Å². The molecule has 25 heavy (non-hydrogen) atoms. The zero-order valence-corrected chi connectivity index (χ0v) is 14.7. The van der Waals surface area contributed by atoms with Gasteiger partial charge in [0.25, 0.3) is 0 Å². The minimum absolute atomic E-state index is 0.324. The van der Waals surface area contributed by atoms with Gasteiger partial charge in [-0.1, -0.05) is 42.8 Å². The molecule has 0 heterocycles. The highest BCUT2D eigenvalue weighted by Crippen LogP contribution is 2.23. The lowest BCUT2D eigenvalue weighted by Gasteiger charge is -2.11. The average molecular weight is 336 g/mol. The van der Waals surface area contributed by atoms with Crippen molar-refractivity contribution in [2.24, 2.45) is 0 Å². The summed E-state index contributed by atoms with van der Waals surface area (Å²) in [5.41, 5.74) is 2.35. The summed E-state index contributed by atoms with van der Waals surface area (Å²) < 4.78 is 11.5. The summed E-state index contributed by atoms with van der Waals surface area (Å²) in [6.45, 7) is 4.87. The Balaban J connectivity index is 1.66. The SMILES string of the molecule is CC[C@H](O)COc1ccc2cc(COc3ccc(C)cc3)ccc2c1. The number of aliphatic hydroxyl groups is 1. The topological polar surface area (TPSA) is 38.7 Å². The number of ether oxygens (including phenoxy) is 2. The number of rotatable bonds is 7. The van der Waals surface area contributed by atoms with Gasteiger partial charge in [0.2, 0.25) is 0 Å². The second-order valence-corrected chi connectivity index (χ2v) is 6.32. The summed E-state index contributed by atoms with van der Waals surface area (Å²) in [4.78, 5) is 0. The number of hydrogen-bond donors (Lipinski definition) is 1. The van der Waals surface area contributed by atoms with E-state index in [0.29, 0.717) is 19.6 Å². The molecule has 0 saturated carbocycles. The molecule has 3 aromatic rings. The Morgan fingerprint density at radius 3 is 2.28 bits per heavy atom. The standard InChI is InChI=1S/C22H24O3/c1-3-20(23)15-25-22-11-8-18-12-17(6-7-19(18)13-22)14-24-21-9-4-16(2)5-10-21/h4-13,20,23H,3,14-15H2,1-2H3/t20-/m0/s1. The molecule has 3 heteroatoms. The fraction of sp³-hybridized carbons (Fsp3) is 0.273. The molecule has 3 aromatic carbocycles. The van der Waals surface area contributed by atoms with Crippen molar-refractivity contribution in [3.05, 3.63) is 71.8 Å². The molecule has 1 N–H and O–H groups in total. The average Bonchev–Trinajstić information content (AvgIpc) is 2.65. The molecule has 0 aliphatic rings. The van der Waals surface area contributed by atoms with Gasteiger partial charge < -0.3 is 14.6 Å². The first-order valence-electron chi connectivity index (χ1n) is 8.67. The van der Waals surface area contributed by atoms with Gasteiger partial charge in [-0.05, 0) is 60.0 Å². The van der Waals surface area contributed by atoms with Crippen molar-refractivity contribution in [2.45, 2.75) is 33.0 Å². The van der Waals surface area contributed by atoms with Crippen LogP contribution in [0.2, 0.25) is 0 Å². The molecule has 130 valence electrons. The molecule has 0 aliphatic heterocycles. The van der Waals surface area contributed by atoms with E-state index in [9.17, 15) is 5.11 Å². The van der Waals surface area contributed by atoms with Crippen molar-refractivity contribution < 1.29 is 14.6 Å². The third-order valence-electron chi connectivity index (χ3n) is 4.22. The number of aliphatic hydroxyl groups excluding tert-OH is 1. The third-order valence-corrected chi connectivity index (χ3v) is 4.22. The van der Waals surface area contributed by atoms with E-state index >= 15 is 0 Å². The molecule has 0 radical (unpaired) electrons. The molecular formula is C22H24O3. The van der Waals surface area contributed by atoms with Crippen molar-refractivity contribution >= 4 is 10.8 Å². The van der Waals surface area contributed by atoms with E-state index in [4.69, 9.17) is 9.47 Å². The summed E-state index contributed by atoms with van der Waals surface area (Å²) in [7, 11) is 0. The Morgan fingerprint density at radius 2 is 1.52 bits per heavy atom. The van der Waals surface area contributed by atoms with E-state index in [1.807, 2.05) is 49.4 Å². The number of fused-ring (bicyclic) bond motifs is 1. The first kappa shape index (κ1) is 17.3. The zero-order chi connectivity index (χ0) is 17.6. The van der Waals surface area contributed by atoms with Gasteiger partial charge in [0.15, 0.2) is 0 Å². The monoisotopic (exact) mass is 336 g/mol. The maximum atomic E-state index is 9.60. The number of benzene rings is 3. The van der Waals surface area contributed by atoms with E-state index in [0.717, 1.165) is 27.8 Å². The molecule has 3 nitrogen and oxygen atoms in total. The molecular weight excluding hydrogens is 312 g/mol. The Hall–Kier alpha value is -2.52. The molecule has 3 rings (SSSR count). The Kier molecular flexibility index (Phi) is 5.56. The van der Waals surface area contributed by atoms with Gasteiger partial charge in [-0.2, -0.15) is 0 Å². The van der Waals surface area contributed by atoms with Crippen molar-refractivity contribution in [2.75, 3.05) is 6.61 Å². The van der Waals surface area contributed by atoms with E-state index in [2.05, 4.69) is 25.1 Å². The zero-order valence-electron chi connectivity index (χ0n) is 14.7. The van der Waals surface area contributed by atoms with Gasteiger partial charge in [-0.25, -0.2) is 0 Å². The quantitative estimate of drug-likeness (QED) is 0.668. The van der Waals surface area contributed by atoms with Gasteiger partial charge in [-0.15, -0.1) is 0 Å². The molecule has 0 unspecified atom stereocenters. The largest absolute Gasteiger partial charge is 0.491 e. The Bertz CT molecular complexity index is 824. The van der Waals surface area contributed by atoms with E-state index in [-0.39, 0.29) is 0 Å². The summed E-state index contributed by atoms with van der Waals surface area (Å²) in [6.07, 6.45) is 0.273. The van der Waals surface area contributed by atoms with Crippen LogP contribution in [0.1, 0.15) is 24.5 Å². The molecule has 0 saturated heterocycles. The van der Waals surface area contributed by atoms with Crippen LogP contribution in [0.15, 0.2) is 60.7 Å². The lowest BCUT2D eigenvalue weighted by atomic mass is 10.1. The van der Waals surface area contributed by atoms with Crippen LogP contribution in [-0.4, -0.2) is 17.8 Å². The van der Waals surface area contributed by atoms with Gasteiger partial charge in [0, 0.05) is 0 Å². The van der Waals surface area contributed by atoms with Gasteiger partial charge in [-0.3, -0.25) is 0 Å². The van der Waals surface area contributed by atoms with Gasteiger partial charge >= 0.3 is 0 Å². The van der Waals surface area contributed by atoms with Crippen molar-refractivity contribution in [3.8, 4) is 11.5 Å².